The Balaban J connectivity index is 1.51. The first-order valence-corrected chi connectivity index (χ1v) is 9.86. The van der Waals surface area contributed by atoms with Gasteiger partial charge in [0.15, 0.2) is 0 Å². The number of halogens is 1. The maximum absolute atomic E-state index is 12.3. The Kier molecular flexibility index (Phi) is 6.35. The maximum atomic E-state index is 12.3. The van der Waals surface area contributed by atoms with Crippen LogP contribution in [-0.2, 0) is 12.8 Å². The van der Waals surface area contributed by atoms with Crippen LogP contribution in [0.2, 0.25) is 0 Å². The van der Waals surface area contributed by atoms with Gasteiger partial charge in [-0.15, -0.1) is 10.2 Å². The summed E-state index contributed by atoms with van der Waals surface area (Å²) in [6.45, 7) is 2.64. The average Bonchev–Trinajstić information content (AvgIpc) is 3.10. The third kappa shape index (κ3) is 4.89. The molecule has 134 valence electrons. The zero-order chi connectivity index (χ0) is 18.4. The van der Waals surface area contributed by atoms with E-state index in [2.05, 4.69) is 50.5 Å². The summed E-state index contributed by atoms with van der Waals surface area (Å²) in [6, 6.07) is 15.3. The van der Waals surface area contributed by atoms with Crippen LogP contribution in [0.5, 0.6) is 5.75 Å². The summed E-state index contributed by atoms with van der Waals surface area (Å²) in [5, 5.41) is 12.2. The monoisotopic (exact) mass is 431 g/mol. The molecular formula is C19H18BrN3O2S. The number of amides is 1. The molecule has 2 aromatic carbocycles. The molecule has 1 amide bonds. The van der Waals surface area contributed by atoms with Gasteiger partial charge in [0.05, 0.1) is 12.2 Å². The standard InChI is InChI=1S/C19H18BrN3O2S/c1-2-13-7-9-14(10-8-13)25-12-11-17-22-23-19(26-17)21-18(24)15-5-3-4-6-16(15)20/h3-10H,2,11-12H2,1H3,(H,21,23,24). The zero-order valence-corrected chi connectivity index (χ0v) is 16.6. The predicted octanol–water partition coefficient (Wildman–Crippen LogP) is 4.74. The van der Waals surface area contributed by atoms with Crippen molar-refractivity contribution in [3.63, 3.8) is 0 Å². The first kappa shape index (κ1) is 18.5. The van der Waals surface area contributed by atoms with Crippen molar-refractivity contribution in [2.45, 2.75) is 19.8 Å². The molecule has 0 fully saturated rings. The molecule has 3 rings (SSSR count). The number of benzene rings is 2. The average molecular weight is 432 g/mol. The second-order valence-electron chi connectivity index (χ2n) is 5.53. The minimum atomic E-state index is -0.215. The maximum Gasteiger partial charge on any atom is 0.258 e. The highest BCUT2D eigenvalue weighted by Gasteiger charge is 2.12. The highest BCUT2D eigenvalue weighted by atomic mass is 79.9. The van der Waals surface area contributed by atoms with E-state index in [1.165, 1.54) is 16.9 Å². The van der Waals surface area contributed by atoms with Gasteiger partial charge in [0, 0.05) is 10.9 Å². The molecule has 5 nitrogen and oxygen atoms in total. The number of rotatable bonds is 7. The Morgan fingerprint density at radius 3 is 2.65 bits per heavy atom. The number of hydrogen-bond donors (Lipinski definition) is 1. The molecule has 0 aliphatic heterocycles. The van der Waals surface area contributed by atoms with Crippen LogP contribution in [0.4, 0.5) is 5.13 Å². The van der Waals surface area contributed by atoms with Gasteiger partial charge < -0.3 is 4.74 Å². The van der Waals surface area contributed by atoms with Gasteiger partial charge in [-0.25, -0.2) is 0 Å². The van der Waals surface area contributed by atoms with E-state index in [1.54, 1.807) is 6.07 Å². The summed E-state index contributed by atoms with van der Waals surface area (Å²) in [5.74, 6) is 0.626. The molecule has 0 bridgehead atoms. The lowest BCUT2D eigenvalue weighted by Gasteiger charge is -2.05. The van der Waals surface area contributed by atoms with Crippen molar-refractivity contribution in [1.82, 2.24) is 10.2 Å². The van der Waals surface area contributed by atoms with E-state index < -0.39 is 0 Å². The number of carbonyl (C=O) groups excluding carboxylic acids is 1. The molecule has 0 spiro atoms. The first-order chi connectivity index (χ1) is 12.7. The fourth-order valence-electron chi connectivity index (χ4n) is 2.29. The van der Waals surface area contributed by atoms with Gasteiger partial charge in [0.25, 0.3) is 5.91 Å². The quantitative estimate of drug-likeness (QED) is 0.586. The van der Waals surface area contributed by atoms with Crippen LogP contribution in [0.1, 0.15) is 27.9 Å². The van der Waals surface area contributed by atoms with Gasteiger partial charge >= 0.3 is 0 Å². The lowest BCUT2D eigenvalue weighted by Crippen LogP contribution is -2.12. The third-order valence-electron chi connectivity index (χ3n) is 3.72. The number of nitrogens with zero attached hydrogens (tertiary/aromatic N) is 2. The van der Waals surface area contributed by atoms with Crippen molar-refractivity contribution in [1.29, 1.82) is 0 Å². The Morgan fingerprint density at radius 1 is 1.15 bits per heavy atom. The summed E-state index contributed by atoms with van der Waals surface area (Å²) >= 11 is 4.72. The topological polar surface area (TPSA) is 64.1 Å². The molecule has 3 aromatic rings. The van der Waals surface area contributed by atoms with Crippen molar-refractivity contribution >= 4 is 38.3 Å². The van der Waals surface area contributed by atoms with Crippen molar-refractivity contribution in [2.24, 2.45) is 0 Å². The molecule has 0 aliphatic carbocycles. The SMILES string of the molecule is CCc1ccc(OCCc2nnc(NC(=O)c3ccccc3Br)s2)cc1. The molecule has 26 heavy (non-hydrogen) atoms. The van der Waals surface area contributed by atoms with Gasteiger partial charge in [0.1, 0.15) is 10.8 Å². The van der Waals surface area contributed by atoms with Crippen LogP contribution in [0.15, 0.2) is 53.0 Å². The Morgan fingerprint density at radius 2 is 1.92 bits per heavy atom. The lowest BCUT2D eigenvalue weighted by atomic mass is 10.2. The van der Waals surface area contributed by atoms with Crippen molar-refractivity contribution in [2.75, 3.05) is 11.9 Å². The smallest absolute Gasteiger partial charge is 0.258 e. The summed E-state index contributed by atoms with van der Waals surface area (Å²) in [5.41, 5.74) is 1.84. The number of aryl methyl sites for hydroxylation is 1. The van der Waals surface area contributed by atoms with Crippen molar-refractivity contribution in [3.05, 3.63) is 69.1 Å². The molecule has 0 atom stereocenters. The minimum Gasteiger partial charge on any atom is -0.493 e. The van der Waals surface area contributed by atoms with Gasteiger partial charge in [-0.1, -0.05) is 42.5 Å². The minimum absolute atomic E-state index is 0.215. The largest absolute Gasteiger partial charge is 0.493 e. The molecule has 0 saturated heterocycles. The van der Waals surface area contributed by atoms with E-state index in [0.29, 0.717) is 23.7 Å². The molecule has 0 unspecified atom stereocenters. The Hall–Kier alpha value is -2.25. The first-order valence-electron chi connectivity index (χ1n) is 8.25. The predicted molar refractivity (Wildman–Crippen MR) is 107 cm³/mol. The van der Waals surface area contributed by atoms with Crippen LogP contribution in [-0.4, -0.2) is 22.7 Å². The molecular weight excluding hydrogens is 414 g/mol. The Labute approximate surface area is 164 Å². The molecule has 1 N–H and O–H groups in total. The van der Waals surface area contributed by atoms with Crippen molar-refractivity contribution < 1.29 is 9.53 Å². The van der Waals surface area contributed by atoms with Crippen LogP contribution < -0.4 is 10.1 Å². The highest BCUT2D eigenvalue weighted by molar-refractivity contribution is 9.10. The van der Waals surface area contributed by atoms with E-state index in [-0.39, 0.29) is 5.91 Å². The number of hydrogen-bond acceptors (Lipinski definition) is 5. The van der Waals surface area contributed by atoms with E-state index in [0.717, 1.165) is 21.7 Å². The second kappa shape index (κ2) is 8.91. The molecule has 1 heterocycles. The molecule has 0 saturated carbocycles. The Bertz CT molecular complexity index is 881. The van der Waals surface area contributed by atoms with Gasteiger partial charge in [0.2, 0.25) is 5.13 Å². The summed E-state index contributed by atoms with van der Waals surface area (Å²) in [7, 11) is 0. The lowest BCUT2D eigenvalue weighted by molar-refractivity contribution is 0.102. The van der Waals surface area contributed by atoms with Gasteiger partial charge in [-0.2, -0.15) is 0 Å². The molecule has 0 aliphatic rings. The highest BCUT2D eigenvalue weighted by Crippen LogP contribution is 2.20. The third-order valence-corrected chi connectivity index (χ3v) is 5.31. The fourth-order valence-corrected chi connectivity index (χ4v) is 3.47. The summed E-state index contributed by atoms with van der Waals surface area (Å²) < 4.78 is 6.47. The van der Waals surface area contributed by atoms with Crippen LogP contribution in [0, 0.1) is 0 Å². The summed E-state index contributed by atoms with van der Waals surface area (Å²) in [6.07, 6.45) is 1.65. The number of nitrogens with one attached hydrogen (secondary N) is 1. The molecule has 1 aromatic heterocycles. The molecule has 0 radical (unpaired) electrons. The van der Waals surface area contributed by atoms with Gasteiger partial charge in [-0.3, -0.25) is 10.1 Å². The number of ether oxygens (including phenoxy) is 1. The van der Waals surface area contributed by atoms with Crippen LogP contribution in [0.25, 0.3) is 0 Å². The number of carbonyl (C=O) groups is 1. The number of anilines is 1. The van der Waals surface area contributed by atoms with Crippen molar-refractivity contribution in [3.8, 4) is 5.75 Å². The second-order valence-corrected chi connectivity index (χ2v) is 7.45. The van der Waals surface area contributed by atoms with Crippen LogP contribution >= 0.6 is 27.3 Å². The number of aromatic nitrogens is 2. The summed E-state index contributed by atoms with van der Waals surface area (Å²) in [4.78, 5) is 12.3. The zero-order valence-electron chi connectivity index (χ0n) is 14.2. The normalized spacial score (nSPS) is 10.5. The van der Waals surface area contributed by atoms with E-state index in [1.807, 2.05) is 30.3 Å². The van der Waals surface area contributed by atoms with Crippen LogP contribution in [0.3, 0.4) is 0 Å². The van der Waals surface area contributed by atoms with E-state index >= 15 is 0 Å². The van der Waals surface area contributed by atoms with E-state index in [4.69, 9.17) is 4.74 Å². The molecule has 7 heteroatoms. The fraction of sp³-hybridized carbons (Fsp3) is 0.211. The van der Waals surface area contributed by atoms with E-state index in [9.17, 15) is 4.79 Å². The van der Waals surface area contributed by atoms with Gasteiger partial charge in [-0.05, 0) is 52.2 Å².